The van der Waals surface area contributed by atoms with E-state index >= 15 is 0 Å². The molecular weight excluding hydrogens is 404 g/mol. The van der Waals surface area contributed by atoms with Gasteiger partial charge in [-0.15, -0.1) is 0 Å². The number of aliphatic hydroxyl groups excluding tert-OH is 1. The lowest BCUT2D eigenvalue weighted by atomic mass is 9.42. The highest BCUT2D eigenvalue weighted by atomic mass is 32.2. The quantitative estimate of drug-likeness (QED) is 0.447. The van der Waals surface area contributed by atoms with Gasteiger partial charge in [0.1, 0.15) is 17.0 Å². The number of Topliss-reactive ketones (excluding diaryl/α,β-unsaturated/α-hetero) is 1. The van der Waals surface area contributed by atoms with Gasteiger partial charge in [-0.1, -0.05) is 34.6 Å². The summed E-state index contributed by atoms with van der Waals surface area (Å²) in [6.45, 7) is 11.4. The molecule has 3 aliphatic carbocycles. The van der Waals surface area contributed by atoms with Crippen LogP contribution in [0.4, 0.5) is 0 Å². The number of ether oxygens (including phenoxy) is 1. The van der Waals surface area contributed by atoms with E-state index in [-0.39, 0.29) is 31.0 Å². The molecule has 0 aromatic heterocycles. The maximum atomic E-state index is 14.1. The van der Waals surface area contributed by atoms with Gasteiger partial charge in [0.15, 0.2) is 0 Å². The van der Waals surface area contributed by atoms with Gasteiger partial charge in [0.25, 0.3) is 0 Å². The summed E-state index contributed by atoms with van der Waals surface area (Å²) in [6, 6.07) is 0. The maximum Gasteiger partial charge on any atom is 0.146 e. The van der Waals surface area contributed by atoms with Gasteiger partial charge in [-0.3, -0.25) is 4.79 Å². The van der Waals surface area contributed by atoms with Crippen LogP contribution >= 0.6 is 12.0 Å². The molecule has 4 aliphatic rings. The first-order chi connectivity index (χ1) is 14.3. The lowest BCUT2D eigenvalue weighted by Crippen LogP contribution is -2.79. The Labute approximate surface area is 185 Å². The van der Waals surface area contributed by atoms with E-state index in [1.165, 1.54) is 0 Å². The van der Waals surface area contributed by atoms with Gasteiger partial charge in [-0.05, 0) is 42.5 Å². The van der Waals surface area contributed by atoms with E-state index in [1.54, 1.807) is 0 Å². The van der Waals surface area contributed by atoms with Gasteiger partial charge in [-0.2, -0.15) is 0 Å². The predicted octanol–water partition coefficient (Wildman–Crippen LogP) is 2.50. The summed E-state index contributed by atoms with van der Waals surface area (Å²) < 4.78 is 18.9. The summed E-state index contributed by atoms with van der Waals surface area (Å²) in [5, 5.41) is 35.7. The molecular formula is C23H36O6S. The highest BCUT2D eigenvalue weighted by Gasteiger charge is 2.73. The lowest BCUT2D eigenvalue weighted by Gasteiger charge is -2.67. The number of hydrogen-bond donors (Lipinski definition) is 3. The van der Waals surface area contributed by atoms with Gasteiger partial charge >= 0.3 is 0 Å². The molecule has 0 unspecified atom stereocenters. The second-order valence-corrected chi connectivity index (χ2v) is 11.2. The number of aliphatic hydroxyl groups is 3. The van der Waals surface area contributed by atoms with Crippen molar-refractivity contribution in [2.75, 3.05) is 12.8 Å². The number of hydrogen-bond acceptors (Lipinski definition) is 7. The number of fused-ring (bicyclic) bond motifs is 5. The van der Waals surface area contributed by atoms with Gasteiger partial charge < -0.3 is 24.2 Å². The van der Waals surface area contributed by atoms with Crippen LogP contribution in [-0.4, -0.2) is 63.5 Å². The second-order valence-electron chi connectivity index (χ2n) is 10.8. The number of rotatable bonds is 2. The van der Waals surface area contributed by atoms with Crippen molar-refractivity contribution < 1.29 is 30.4 Å². The zero-order valence-corrected chi connectivity index (χ0v) is 19.6. The summed E-state index contributed by atoms with van der Waals surface area (Å²) in [6.07, 6.45) is -1.64. The second kappa shape index (κ2) is 6.78. The number of ketones is 1. The summed E-state index contributed by atoms with van der Waals surface area (Å²) in [5.41, 5.74) is -3.21. The Balaban J connectivity index is 1.96. The fourth-order valence-corrected chi connectivity index (χ4v) is 7.73. The standard InChI is InChI=1S/C23H36O6S/c1-11-8-15-22(26,10-28-15)17-19(25)23(27)9-14(29-30-7)12(2)16(20(23,4)5)13(3)18(24)21(11,17)6/h11,13-15,17,19,25-27H,8-10H2,1-7H3/t11-,13+,14-,15+,17-,19-,21+,22-,23+/m0/s1/i7T. The Hall–Kier alpha value is -0.440. The highest BCUT2D eigenvalue weighted by molar-refractivity contribution is 7.93. The van der Waals surface area contributed by atoms with Crippen LogP contribution in [0.1, 0.15) is 55.8 Å². The van der Waals surface area contributed by atoms with Gasteiger partial charge in [0.05, 0.1) is 24.9 Å². The Morgan fingerprint density at radius 2 is 1.93 bits per heavy atom. The molecule has 30 heavy (non-hydrogen) atoms. The molecule has 7 heteroatoms. The minimum absolute atomic E-state index is 0.00888. The molecule has 1 saturated heterocycles. The Morgan fingerprint density at radius 1 is 1.27 bits per heavy atom. The van der Waals surface area contributed by atoms with Crippen molar-refractivity contribution in [3.63, 3.8) is 0 Å². The molecule has 2 saturated carbocycles. The lowest BCUT2D eigenvalue weighted by molar-refractivity contribution is -0.337. The Kier molecular flexibility index (Phi) is 4.84. The van der Waals surface area contributed by atoms with E-state index in [4.69, 9.17) is 10.3 Å². The average molecular weight is 443 g/mol. The molecule has 1 aliphatic heterocycles. The van der Waals surface area contributed by atoms with E-state index in [0.717, 1.165) is 23.2 Å². The smallest absolute Gasteiger partial charge is 0.146 e. The maximum absolute atomic E-state index is 14.1. The molecule has 0 amide bonds. The molecule has 4 rings (SSSR count). The van der Waals surface area contributed by atoms with E-state index in [9.17, 15) is 20.1 Å². The van der Waals surface area contributed by atoms with Crippen LogP contribution < -0.4 is 0 Å². The minimum atomic E-state index is -1.62. The van der Waals surface area contributed by atoms with E-state index in [1.807, 2.05) is 41.5 Å². The van der Waals surface area contributed by atoms with E-state index in [0.29, 0.717) is 6.42 Å². The van der Waals surface area contributed by atoms with Crippen molar-refractivity contribution in [3.05, 3.63) is 11.1 Å². The minimum Gasteiger partial charge on any atom is -0.390 e. The topological polar surface area (TPSA) is 96.2 Å². The van der Waals surface area contributed by atoms with Crippen molar-refractivity contribution in [2.45, 2.75) is 83.9 Å². The third-order valence-corrected chi connectivity index (χ3v) is 9.72. The van der Waals surface area contributed by atoms with Crippen molar-refractivity contribution in [1.82, 2.24) is 0 Å². The largest absolute Gasteiger partial charge is 0.390 e. The molecule has 0 radical (unpaired) electrons. The van der Waals surface area contributed by atoms with Crippen LogP contribution in [0.25, 0.3) is 0 Å². The van der Waals surface area contributed by atoms with Gasteiger partial charge in [0, 0.05) is 36.7 Å². The molecule has 3 N–H and O–H groups in total. The third kappa shape index (κ3) is 2.48. The zero-order chi connectivity index (χ0) is 23.1. The molecule has 9 atom stereocenters. The molecule has 3 fully saturated rings. The molecule has 170 valence electrons. The first-order valence-electron chi connectivity index (χ1n) is 11.6. The van der Waals surface area contributed by atoms with Crippen LogP contribution in [0.2, 0.25) is 0 Å². The Bertz CT molecular complexity index is 816. The molecule has 0 spiro atoms. The number of carbonyl (C=O) groups excluding carboxylic acids is 1. The fraction of sp³-hybridized carbons (Fsp3) is 0.870. The molecule has 1 heterocycles. The molecule has 2 bridgehead atoms. The first-order valence-corrected chi connectivity index (χ1v) is 11.8. The van der Waals surface area contributed by atoms with Crippen molar-refractivity contribution >= 4 is 17.8 Å². The zero-order valence-electron chi connectivity index (χ0n) is 19.8. The van der Waals surface area contributed by atoms with Gasteiger partial charge in [0.2, 0.25) is 0 Å². The molecule has 0 aromatic carbocycles. The van der Waals surface area contributed by atoms with Crippen LogP contribution in [0, 0.1) is 28.6 Å². The van der Waals surface area contributed by atoms with E-state index in [2.05, 4.69) is 0 Å². The monoisotopic (exact) mass is 442 g/mol. The van der Waals surface area contributed by atoms with Crippen LogP contribution in [-0.2, 0) is 13.7 Å². The van der Waals surface area contributed by atoms with Crippen LogP contribution in [0.3, 0.4) is 0 Å². The average Bonchev–Trinajstić information content (AvgIpc) is 2.70. The SMILES string of the molecule is [3H]CSO[C@H]1C[C@@]2(O)[C@@H](O)[C@@H]3[C@]4(O)CO[C@@H]4C[C@H](C)[C@@]3(C)C(=O)[C@H](C)C(=C1C)C2(C)C. The summed E-state index contributed by atoms with van der Waals surface area (Å²) in [7, 11) is 0. The fourth-order valence-electron chi connectivity index (χ4n) is 7.35. The van der Waals surface area contributed by atoms with Crippen molar-refractivity contribution in [1.29, 1.82) is 0 Å². The summed E-state index contributed by atoms with van der Waals surface area (Å²) in [4.78, 5) is 14.1. The van der Waals surface area contributed by atoms with Gasteiger partial charge in [-0.25, -0.2) is 0 Å². The van der Waals surface area contributed by atoms with Crippen LogP contribution in [0.15, 0.2) is 11.1 Å². The van der Waals surface area contributed by atoms with E-state index < -0.39 is 52.2 Å². The Morgan fingerprint density at radius 3 is 2.50 bits per heavy atom. The summed E-state index contributed by atoms with van der Waals surface area (Å²) in [5.74, 6) is -1.49. The summed E-state index contributed by atoms with van der Waals surface area (Å²) >= 11 is 0.990. The van der Waals surface area contributed by atoms with Crippen molar-refractivity contribution in [3.8, 4) is 0 Å². The highest BCUT2D eigenvalue weighted by Crippen LogP contribution is 2.64. The molecule has 0 aromatic rings. The molecule has 6 nitrogen and oxygen atoms in total. The predicted molar refractivity (Wildman–Crippen MR) is 115 cm³/mol. The first kappa shape index (κ1) is 21.4. The van der Waals surface area contributed by atoms with Crippen LogP contribution in [0.5, 0.6) is 0 Å². The normalized spacial score (nSPS) is 53.1. The van der Waals surface area contributed by atoms with Crippen molar-refractivity contribution in [2.24, 2.45) is 28.6 Å². The number of carbonyl (C=O) groups is 1. The third-order valence-electron chi connectivity index (χ3n) is 9.36.